The van der Waals surface area contributed by atoms with Crippen molar-refractivity contribution >= 4 is 6.29 Å². The van der Waals surface area contributed by atoms with Crippen molar-refractivity contribution in [2.45, 2.75) is 0 Å². The van der Waals surface area contributed by atoms with Gasteiger partial charge in [0.1, 0.15) is 0 Å². The van der Waals surface area contributed by atoms with Crippen LogP contribution in [0, 0.1) is 0 Å². The Kier molecular flexibility index (Phi) is 3.53. The van der Waals surface area contributed by atoms with Gasteiger partial charge in [0.25, 0.3) is 5.56 Å². The first-order valence-electron chi connectivity index (χ1n) is 6.45. The molecule has 0 spiro atoms. The highest BCUT2D eigenvalue weighted by Crippen LogP contribution is 2.19. The number of hydrogen-bond donors (Lipinski definition) is 1. The summed E-state index contributed by atoms with van der Waals surface area (Å²) in [6, 6.07) is 6.59. The number of aromatic nitrogens is 4. The highest BCUT2D eigenvalue weighted by molar-refractivity contribution is 5.74. The number of ether oxygens (including phenoxy) is 1. The minimum absolute atomic E-state index is 0.250. The van der Waals surface area contributed by atoms with Gasteiger partial charge in [-0.05, 0) is 23.8 Å². The number of aromatic amines is 1. The van der Waals surface area contributed by atoms with Crippen LogP contribution in [0.5, 0.6) is 5.88 Å². The molecular weight excluding hydrogens is 284 g/mol. The molecule has 0 saturated carbocycles. The summed E-state index contributed by atoms with van der Waals surface area (Å²) in [5.41, 5.74) is 1.36. The molecule has 7 nitrogen and oxygen atoms in total. The van der Waals surface area contributed by atoms with E-state index in [-0.39, 0.29) is 5.56 Å². The second-order valence-electron chi connectivity index (χ2n) is 4.48. The van der Waals surface area contributed by atoms with E-state index in [1.807, 2.05) is 0 Å². The average Bonchev–Trinajstić information content (AvgIpc) is 2.96. The predicted molar refractivity (Wildman–Crippen MR) is 79.4 cm³/mol. The van der Waals surface area contributed by atoms with Gasteiger partial charge in [-0.1, -0.05) is 0 Å². The van der Waals surface area contributed by atoms with Crippen LogP contribution in [-0.4, -0.2) is 33.1 Å². The first kappa shape index (κ1) is 13.7. The van der Waals surface area contributed by atoms with Crippen molar-refractivity contribution in [3.8, 4) is 22.8 Å². The van der Waals surface area contributed by atoms with E-state index in [0.29, 0.717) is 34.7 Å². The van der Waals surface area contributed by atoms with Gasteiger partial charge in [0.15, 0.2) is 12.1 Å². The molecule has 0 atom stereocenters. The van der Waals surface area contributed by atoms with Crippen molar-refractivity contribution in [1.29, 1.82) is 0 Å². The fraction of sp³-hybridized carbons (Fsp3) is 0.0667. The van der Waals surface area contributed by atoms with Crippen LogP contribution in [0.4, 0.5) is 0 Å². The van der Waals surface area contributed by atoms with Crippen LogP contribution in [0.1, 0.15) is 10.4 Å². The largest absolute Gasteiger partial charge is 0.481 e. The summed E-state index contributed by atoms with van der Waals surface area (Å²) in [4.78, 5) is 31.2. The van der Waals surface area contributed by atoms with E-state index in [1.165, 1.54) is 18.0 Å². The third-order valence-electron chi connectivity index (χ3n) is 3.16. The van der Waals surface area contributed by atoms with E-state index in [2.05, 4.69) is 15.1 Å². The Morgan fingerprint density at radius 2 is 2.14 bits per heavy atom. The molecule has 0 saturated heterocycles. The van der Waals surface area contributed by atoms with Gasteiger partial charge >= 0.3 is 0 Å². The van der Waals surface area contributed by atoms with Crippen molar-refractivity contribution in [2.24, 2.45) is 0 Å². The first-order chi connectivity index (χ1) is 10.7. The predicted octanol–water partition coefficient (Wildman–Crippen LogP) is 1.44. The molecule has 0 aliphatic carbocycles. The monoisotopic (exact) mass is 296 g/mol. The molecule has 3 aromatic heterocycles. The minimum atomic E-state index is -0.250. The molecule has 0 aliphatic rings. The number of carbonyl (C=O) groups excluding carboxylic acids is 1. The topological polar surface area (TPSA) is 89.9 Å². The summed E-state index contributed by atoms with van der Waals surface area (Å²) < 4.78 is 6.36. The van der Waals surface area contributed by atoms with Crippen molar-refractivity contribution < 1.29 is 9.53 Å². The van der Waals surface area contributed by atoms with E-state index in [0.717, 1.165) is 0 Å². The Morgan fingerprint density at radius 1 is 1.27 bits per heavy atom. The zero-order valence-corrected chi connectivity index (χ0v) is 11.7. The molecule has 0 unspecified atom stereocenters. The fourth-order valence-corrected chi connectivity index (χ4v) is 2.03. The van der Waals surface area contributed by atoms with Crippen LogP contribution in [-0.2, 0) is 0 Å². The summed E-state index contributed by atoms with van der Waals surface area (Å²) in [6.45, 7) is 0. The third-order valence-corrected chi connectivity index (χ3v) is 3.16. The van der Waals surface area contributed by atoms with Gasteiger partial charge in [-0.3, -0.25) is 14.7 Å². The molecule has 22 heavy (non-hydrogen) atoms. The Balaban J connectivity index is 2.04. The summed E-state index contributed by atoms with van der Waals surface area (Å²) >= 11 is 0. The lowest BCUT2D eigenvalue weighted by molar-refractivity contribution is 0.112. The molecule has 0 fully saturated rings. The number of nitrogens with zero attached hydrogens (tertiary/aromatic N) is 3. The van der Waals surface area contributed by atoms with Gasteiger partial charge in [0.05, 0.1) is 12.7 Å². The number of H-pyrrole nitrogens is 1. The van der Waals surface area contributed by atoms with Crippen LogP contribution in [0.2, 0.25) is 0 Å². The number of methoxy groups -OCH3 is 1. The molecular formula is C15H12N4O3. The Bertz CT molecular complexity index is 865. The van der Waals surface area contributed by atoms with Gasteiger partial charge < -0.3 is 4.74 Å². The van der Waals surface area contributed by atoms with Crippen LogP contribution in [0.3, 0.4) is 0 Å². The Labute approximate surface area is 125 Å². The second kappa shape index (κ2) is 5.65. The summed E-state index contributed by atoms with van der Waals surface area (Å²) in [5.74, 6) is 0.834. The average molecular weight is 296 g/mol. The lowest BCUT2D eigenvalue weighted by Gasteiger charge is -2.01. The summed E-state index contributed by atoms with van der Waals surface area (Å²) in [5, 5.41) is 2.86. The lowest BCUT2D eigenvalue weighted by atomic mass is 10.1. The van der Waals surface area contributed by atoms with Crippen LogP contribution >= 0.6 is 0 Å². The third kappa shape index (κ3) is 2.39. The zero-order chi connectivity index (χ0) is 15.5. The minimum Gasteiger partial charge on any atom is -0.481 e. The molecule has 0 aromatic carbocycles. The SMILES string of the molecule is COc1cc(-c2c[nH]n(-c3ccc(C=O)cn3)c2=O)ccn1. The number of carbonyl (C=O) groups is 1. The molecule has 3 heterocycles. The lowest BCUT2D eigenvalue weighted by Crippen LogP contribution is -2.17. The van der Waals surface area contributed by atoms with E-state index >= 15 is 0 Å². The van der Waals surface area contributed by atoms with Crippen molar-refractivity contribution in [1.82, 2.24) is 19.7 Å². The highest BCUT2D eigenvalue weighted by Gasteiger charge is 2.11. The maximum absolute atomic E-state index is 12.5. The maximum Gasteiger partial charge on any atom is 0.280 e. The number of hydrogen-bond acceptors (Lipinski definition) is 5. The molecule has 0 aliphatic heterocycles. The van der Waals surface area contributed by atoms with Crippen LogP contribution in [0.15, 0.2) is 47.7 Å². The van der Waals surface area contributed by atoms with Gasteiger partial charge in [-0.15, -0.1) is 0 Å². The molecule has 1 N–H and O–H groups in total. The van der Waals surface area contributed by atoms with Crippen LogP contribution in [0.25, 0.3) is 16.9 Å². The van der Waals surface area contributed by atoms with Gasteiger partial charge in [0, 0.05) is 30.2 Å². The van der Waals surface area contributed by atoms with E-state index < -0.39 is 0 Å². The number of rotatable bonds is 4. The van der Waals surface area contributed by atoms with Gasteiger partial charge in [-0.2, -0.15) is 0 Å². The summed E-state index contributed by atoms with van der Waals surface area (Å²) in [7, 11) is 1.51. The Hall–Kier alpha value is -3.22. The fourth-order valence-electron chi connectivity index (χ4n) is 2.03. The number of pyridine rings is 2. The van der Waals surface area contributed by atoms with E-state index in [1.54, 1.807) is 36.7 Å². The Morgan fingerprint density at radius 3 is 2.82 bits per heavy atom. The summed E-state index contributed by atoms with van der Waals surface area (Å²) in [6.07, 6.45) is 5.27. The maximum atomic E-state index is 12.5. The van der Waals surface area contributed by atoms with Crippen LogP contribution < -0.4 is 10.3 Å². The van der Waals surface area contributed by atoms with Gasteiger partial charge in [-0.25, -0.2) is 14.6 Å². The van der Waals surface area contributed by atoms with E-state index in [4.69, 9.17) is 4.74 Å². The quantitative estimate of drug-likeness (QED) is 0.736. The molecule has 110 valence electrons. The highest BCUT2D eigenvalue weighted by atomic mass is 16.5. The molecule has 0 bridgehead atoms. The second-order valence-corrected chi connectivity index (χ2v) is 4.48. The van der Waals surface area contributed by atoms with Crippen molar-refractivity contribution in [2.75, 3.05) is 7.11 Å². The van der Waals surface area contributed by atoms with Gasteiger partial charge in [0.2, 0.25) is 5.88 Å². The van der Waals surface area contributed by atoms with Crippen molar-refractivity contribution in [3.63, 3.8) is 0 Å². The standard InChI is InChI=1S/C15H12N4O3/c1-22-14-6-11(4-5-16-14)12-8-18-19(15(12)21)13-3-2-10(9-20)7-17-13/h2-9,18H,1H3. The molecule has 3 rings (SSSR count). The van der Waals surface area contributed by atoms with Crippen molar-refractivity contribution in [3.05, 3.63) is 58.8 Å². The molecule has 0 radical (unpaired) electrons. The normalized spacial score (nSPS) is 10.4. The molecule has 7 heteroatoms. The number of nitrogens with one attached hydrogen (secondary N) is 1. The zero-order valence-electron chi connectivity index (χ0n) is 11.7. The van der Waals surface area contributed by atoms with E-state index in [9.17, 15) is 9.59 Å². The molecule has 0 amide bonds. The first-order valence-corrected chi connectivity index (χ1v) is 6.45. The number of aldehydes is 1. The smallest absolute Gasteiger partial charge is 0.280 e. The molecule has 3 aromatic rings.